The summed E-state index contributed by atoms with van der Waals surface area (Å²) in [5.41, 5.74) is 1.18. The zero-order valence-corrected chi connectivity index (χ0v) is 17.2. The first-order chi connectivity index (χ1) is 13.7. The minimum atomic E-state index is 0.144. The maximum atomic E-state index is 12.4. The molecule has 1 aromatic carbocycles. The van der Waals surface area contributed by atoms with Crippen LogP contribution >= 0.6 is 0 Å². The summed E-state index contributed by atoms with van der Waals surface area (Å²) in [6.45, 7) is 8.44. The highest BCUT2D eigenvalue weighted by molar-refractivity contribution is 5.85. The number of aliphatic imine (C=N–C) groups is 1. The van der Waals surface area contributed by atoms with Crippen LogP contribution < -0.4 is 15.0 Å². The molecule has 1 amide bonds. The van der Waals surface area contributed by atoms with E-state index in [9.17, 15) is 4.79 Å². The molecule has 0 saturated carbocycles. The van der Waals surface area contributed by atoms with Gasteiger partial charge in [0.15, 0.2) is 5.96 Å². The molecule has 0 atom stereocenters. The monoisotopic (exact) mass is 387 g/mol. The SMILES string of the molecule is CCNC(=NCC(=O)N1CCCCC1)N1CCN(c2cccc(OC)c2)CC1. The van der Waals surface area contributed by atoms with Crippen molar-refractivity contribution in [3.05, 3.63) is 24.3 Å². The van der Waals surface area contributed by atoms with E-state index >= 15 is 0 Å². The van der Waals surface area contributed by atoms with Gasteiger partial charge in [-0.25, -0.2) is 4.99 Å². The van der Waals surface area contributed by atoms with Crippen molar-refractivity contribution in [3.63, 3.8) is 0 Å². The van der Waals surface area contributed by atoms with E-state index < -0.39 is 0 Å². The molecule has 7 nitrogen and oxygen atoms in total. The molecule has 1 N–H and O–H groups in total. The first kappa shape index (κ1) is 20.3. The Balaban J connectivity index is 1.56. The van der Waals surface area contributed by atoms with Crippen molar-refractivity contribution in [1.82, 2.24) is 15.1 Å². The fourth-order valence-electron chi connectivity index (χ4n) is 3.80. The lowest BCUT2D eigenvalue weighted by molar-refractivity contribution is -0.130. The molecule has 0 spiro atoms. The summed E-state index contributed by atoms with van der Waals surface area (Å²) < 4.78 is 5.34. The maximum absolute atomic E-state index is 12.4. The summed E-state index contributed by atoms with van der Waals surface area (Å²) in [5, 5.41) is 3.35. The number of nitrogens with one attached hydrogen (secondary N) is 1. The number of amides is 1. The van der Waals surface area contributed by atoms with Crippen LogP contribution in [0.2, 0.25) is 0 Å². The third kappa shape index (κ3) is 5.30. The van der Waals surface area contributed by atoms with Crippen molar-refractivity contribution < 1.29 is 9.53 Å². The number of carbonyl (C=O) groups is 1. The fraction of sp³-hybridized carbons (Fsp3) is 0.619. The van der Waals surface area contributed by atoms with Crippen molar-refractivity contribution in [3.8, 4) is 5.75 Å². The normalized spacial score (nSPS) is 18.2. The van der Waals surface area contributed by atoms with E-state index in [2.05, 4.69) is 39.2 Å². The molecule has 1 aromatic rings. The fourth-order valence-corrected chi connectivity index (χ4v) is 3.80. The third-order valence-corrected chi connectivity index (χ3v) is 5.41. The van der Waals surface area contributed by atoms with E-state index in [4.69, 9.17) is 4.74 Å². The van der Waals surface area contributed by atoms with E-state index in [-0.39, 0.29) is 12.5 Å². The molecule has 2 heterocycles. The molecule has 0 aliphatic carbocycles. The number of benzene rings is 1. The topological polar surface area (TPSA) is 60.4 Å². The van der Waals surface area contributed by atoms with Gasteiger partial charge in [0, 0.05) is 57.6 Å². The predicted octanol–water partition coefficient (Wildman–Crippen LogP) is 1.80. The molecule has 154 valence electrons. The summed E-state index contributed by atoms with van der Waals surface area (Å²) in [5.74, 6) is 1.87. The molecule has 0 aromatic heterocycles. The highest BCUT2D eigenvalue weighted by Crippen LogP contribution is 2.22. The quantitative estimate of drug-likeness (QED) is 0.617. The molecule has 7 heteroatoms. The van der Waals surface area contributed by atoms with Gasteiger partial charge in [-0.05, 0) is 38.3 Å². The number of carbonyl (C=O) groups excluding carboxylic acids is 1. The van der Waals surface area contributed by atoms with E-state index in [1.165, 1.54) is 12.1 Å². The maximum Gasteiger partial charge on any atom is 0.244 e. The van der Waals surface area contributed by atoms with Gasteiger partial charge < -0.3 is 24.8 Å². The van der Waals surface area contributed by atoms with Gasteiger partial charge in [0.1, 0.15) is 12.3 Å². The second kappa shape index (κ2) is 10.2. The minimum Gasteiger partial charge on any atom is -0.497 e. The molecule has 2 saturated heterocycles. The first-order valence-corrected chi connectivity index (χ1v) is 10.4. The highest BCUT2D eigenvalue weighted by Gasteiger charge is 2.21. The zero-order chi connectivity index (χ0) is 19.8. The van der Waals surface area contributed by atoms with Crippen LogP contribution in [0.1, 0.15) is 26.2 Å². The Morgan fingerprint density at radius 2 is 1.82 bits per heavy atom. The average Bonchev–Trinajstić information content (AvgIpc) is 2.77. The van der Waals surface area contributed by atoms with Crippen LogP contribution in [0.25, 0.3) is 0 Å². The number of anilines is 1. The van der Waals surface area contributed by atoms with Gasteiger partial charge in [0.2, 0.25) is 5.91 Å². The van der Waals surface area contributed by atoms with Crippen molar-refractivity contribution in [2.75, 3.05) is 64.4 Å². The first-order valence-electron chi connectivity index (χ1n) is 10.4. The van der Waals surface area contributed by atoms with Crippen LogP contribution in [0.3, 0.4) is 0 Å². The molecule has 3 rings (SSSR count). The summed E-state index contributed by atoms with van der Waals surface area (Å²) in [6.07, 6.45) is 3.46. The van der Waals surface area contributed by atoms with E-state index in [0.29, 0.717) is 0 Å². The molecular formula is C21H33N5O2. The smallest absolute Gasteiger partial charge is 0.244 e. The summed E-state index contributed by atoms with van der Waals surface area (Å²) >= 11 is 0. The molecule has 2 aliphatic rings. The van der Waals surface area contributed by atoms with Crippen LogP contribution in [-0.2, 0) is 4.79 Å². The largest absolute Gasteiger partial charge is 0.497 e. The number of rotatable bonds is 5. The lowest BCUT2D eigenvalue weighted by Crippen LogP contribution is -2.52. The number of guanidine groups is 1. The number of ether oxygens (including phenoxy) is 1. The van der Waals surface area contributed by atoms with Crippen molar-refractivity contribution in [2.24, 2.45) is 4.99 Å². The number of piperazine rings is 1. The Bertz CT molecular complexity index is 665. The summed E-state index contributed by atoms with van der Waals surface area (Å²) in [6, 6.07) is 8.19. The molecule has 28 heavy (non-hydrogen) atoms. The van der Waals surface area contributed by atoms with Crippen molar-refractivity contribution in [1.29, 1.82) is 0 Å². The third-order valence-electron chi connectivity index (χ3n) is 5.41. The average molecular weight is 388 g/mol. The molecular weight excluding hydrogens is 354 g/mol. The number of piperidine rings is 1. The number of hydrogen-bond acceptors (Lipinski definition) is 4. The Hall–Kier alpha value is -2.44. The van der Waals surface area contributed by atoms with Gasteiger partial charge in [-0.1, -0.05) is 6.07 Å². The van der Waals surface area contributed by atoms with Crippen molar-refractivity contribution in [2.45, 2.75) is 26.2 Å². The van der Waals surface area contributed by atoms with Gasteiger partial charge in [-0.2, -0.15) is 0 Å². The molecule has 0 radical (unpaired) electrons. The van der Waals surface area contributed by atoms with Gasteiger partial charge >= 0.3 is 0 Å². The lowest BCUT2D eigenvalue weighted by Gasteiger charge is -2.37. The zero-order valence-electron chi connectivity index (χ0n) is 17.2. The van der Waals surface area contributed by atoms with E-state index in [1.807, 2.05) is 17.0 Å². The Kier molecular flexibility index (Phi) is 7.39. The summed E-state index contributed by atoms with van der Waals surface area (Å²) in [4.78, 5) is 23.7. The Morgan fingerprint density at radius 1 is 1.07 bits per heavy atom. The van der Waals surface area contributed by atoms with Gasteiger partial charge in [-0.3, -0.25) is 4.79 Å². The standard InChI is InChI=1S/C21H33N5O2/c1-3-22-21(23-17-20(27)25-10-5-4-6-11-25)26-14-12-24(13-15-26)18-8-7-9-19(16-18)28-2/h7-9,16H,3-6,10-15,17H2,1-2H3,(H,22,23). The summed E-state index contributed by atoms with van der Waals surface area (Å²) in [7, 11) is 1.70. The van der Waals surface area contributed by atoms with Crippen LogP contribution in [0, 0.1) is 0 Å². The predicted molar refractivity (Wildman–Crippen MR) is 113 cm³/mol. The number of likely N-dealkylation sites (tertiary alicyclic amines) is 1. The number of nitrogens with zero attached hydrogens (tertiary/aromatic N) is 4. The van der Waals surface area contributed by atoms with Crippen LogP contribution in [0.4, 0.5) is 5.69 Å². The van der Waals surface area contributed by atoms with E-state index in [0.717, 1.165) is 70.4 Å². The number of hydrogen-bond donors (Lipinski definition) is 1. The van der Waals surface area contributed by atoms with Crippen LogP contribution in [0.15, 0.2) is 29.3 Å². The van der Waals surface area contributed by atoms with Crippen LogP contribution in [-0.4, -0.2) is 81.1 Å². The highest BCUT2D eigenvalue weighted by atomic mass is 16.5. The van der Waals surface area contributed by atoms with Crippen molar-refractivity contribution >= 4 is 17.6 Å². The second-order valence-corrected chi connectivity index (χ2v) is 7.29. The van der Waals surface area contributed by atoms with Gasteiger partial charge in [0.25, 0.3) is 0 Å². The van der Waals surface area contributed by atoms with E-state index in [1.54, 1.807) is 7.11 Å². The number of methoxy groups -OCH3 is 1. The minimum absolute atomic E-state index is 0.144. The lowest BCUT2D eigenvalue weighted by atomic mass is 10.1. The molecule has 2 fully saturated rings. The molecule has 2 aliphatic heterocycles. The molecule has 0 bridgehead atoms. The van der Waals surface area contributed by atoms with Crippen LogP contribution in [0.5, 0.6) is 5.75 Å². The van der Waals surface area contributed by atoms with Gasteiger partial charge in [-0.15, -0.1) is 0 Å². The molecule has 0 unspecified atom stereocenters. The second-order valence-electron chi connectivity index (χ2n) is 7.29. The van der Waals surface area contributed by atoms with Gasteiger partial charge in [0.05, 0.1) is 7.11 Å². The Labute approximate surface area is 168 Å². The Morgan fingerprint density at radius 3 is 2.50 bits per heavy atom.